The molecule has 1 aromatic carbocycles. The Labute approximate surface area is 90.4 Å². The largest absolute Gasteiger partial charge is 0.858 e. The molecule has 1 N–H and O–H groups in total. The fourth-order valence-corrected chi connectivity index (χ4v) is 1.36. The van der Waals surface area contributed by atoms with E-state index >= 15 is 0 Å². The van der Waals surface area contributed by atoms with Crippen LogP contribution < -0.4 is 15.4 Å². The molecule has 0 saturated heterocycles. The van der Waals surface area contributed by atoms with E-state index in [9.17, 15) is 9.90 Å². The summed E-state index contributed by atoms with van der Waals surface area (Å²) in [5, 5.41) is 13.9. The topological polar surface area (TPSA) is 85.3 Å². The third-order valence-corrected chi connectivity index (χ3v) is 2.08. The van der Waals surface area contributed by atoms with E-state index in [-0.39, 0.29) is 5.90 Å². The lowest BCUT2D eigenvalue weighted by Gasteiger charge is -2.08. The van der Waals surface area contributed by atoms with E-state index in [2.05, 4.69) is 14.8 Å². The van der Waals surface area contributed by atoms with Gasteiger partial charge in [0.25, 0.3) is 6.20 Å². The van der Waals surface area contributed by atoms with Gasteiger partial charge in [-0.25, -0.2) is 4.79 Å². The van der Waals surface area contributed by atoms with Gasteiger partial charge in [-0.3, -0.25) is 4.52 Å². The minimum absolute atomic E-state index is 0.356. The molecule has 0 unspecified atom stereocenters. The number of aromatic amines is 1. The molecule has 0 aliphatic rings. The van der Waals surface area contributed by atoms with Crippen molar-refractivity contribution in [1.29, 1.82) is 0 Å². The highest BCUT2D eigenvalue weighted by atomic mass is 16.5. The Morgan fingerprint density at radius 2 is 2.25 bits per heavy atom. The predicted molar refractivity (Wildman–Crippen MR) is 53.3 cm³/mol. The lowest BCUT2D eigenvalue weighted by atomic mass is 10.2. The first kappa shape index (κ1) is 10.2. The summed E-state index contributed by atoms with van der Waals surface area (Å²) in [6.45, 7) is 0. The number of aliphatic imine (C=N–C) groups is 1. The quantitative estimate of drug-likeness (QED) is 0.398. The summed E-state index contributed by atoms with van der Waals surface area (Å²) in [6, 6.07) is 6.79. The SMILES string of the molecule is CN=C([O-])c1ccccc1-[n+]1cc(=O)o[nH]1. The fourth-order valence-electron chi connectivity index (χ4n) is 1.36. The maximum atomic E-state index is 11.5. The number of nitrogens with one attached hydrogen (secondary N) is 1. The highest BCUT2D eigenvalue weighted by Crippen LogP contribution is 2.06. The van der Waals surface area contributed by atoms with Crippen molar-refractivity contribution in [2.75, 3.05) is 7.05 Å². The molecule has 0 amide bonds. The number of aromatic nitrogens is 2. The van der Waals surface area contributed by atoms with E-state index in [0.29, 0.717) is 11.3 Å². The maximum Gasteiger partial charge on any atom is 0.427 e. The molecule has 0 spiro atoms. The van der Waals surface area contributed by atoms with Gasteiger partial charge >= 0.3 is 5.63 Å². The van der Waals surface area contributed by atoms with Crippen LogP contribution in [0.5, 0.6) is 0 Å². The van der Waals surface area contributed by atoms with Crippen molar-refractivity contribution < 1.29 is 14.3 Å². The Bertz CT molecular complexity index is 583. The number of para-hydroxylation sites is 1. The van der Waals surface area contributed by atoms with Gasteiger partial charge in [0.2, 0.25) is 5.69 Å². The van der Waals surface area contributed by atoms with Crippen LogP contribution >= 0.6 is 0 Å². The Morgan fingerprint density at radius 1 is 1.50 bits per heavy atom. The van der Waals surface area contributed by atoms with Crippen LogP contribution in [0.1, 0.15) is 5.56 Å². The Morgan fingerprint density at radius 3 is 2.88 bits per heavy atom. The normalized spacial score (nSPS) is 11.7. The molecule has 2 aromatic rings. The molecule has 0 aliphatic heterocycles. The van der Waals surface area contributed by atoms with Crippen LogP contribution in [0, 0.1) is 0 Å². The third kappa shape index (κ3) is 1.72. The van der Waals surface area contributed by atoms with E-state index in [1.165, 1.54) is 17.9 Å². The zero-order valence-corrected chi connectivity index (χ0v) is 8.51. The minimum atomic E-state index is -0.518. The maximum absolute atomic E-state index is 11.5. The van der Waals surface area contributed by atoms with Crippen LogP contribution in [0.2, 0.25) is 0 Å². The van der Waals surface area contributed by atoms with Crippen molar-refractivity contribution in [3.8, 4) is 5.69 Å². The van der Waals surface area contributed by atoms with E-state index in [1.54, 1.807) is 24.3 Å². The molecular weight excluding hydrogens is 210 g/mol. The third-order valence-electron chi connectivity index (χ3n) is 2.08. The summed E-state index contributed by atoms with van der Waals surface area (Å²) >= 11 is 0. The van der Waals surface area contributed by atoms with Gasteiger partial charge in [-0.05, 0) is 21.9 Å². The predicted octanol–water partition coefficient (Wildman–Crippen LogP) is -1.02. The van der Waals surface area contributed by atoms with E-state index < -0.39 is 5.63 Å². The van der Waals surface area contributed by atoms with E-state index in [0.717, 1.165) is 0 Å². The van der Waals surface area contributed by atoms with Crippen molar-refractivity contribution in [3.05, 3.63) is 46.4 Å². The smallest absolute Gasteiger partial charge is 0.427 e. The zero-order valence-electron chi connectivity index (χ0n) is 8.51. The molecule has 2 rings (SSSR count). The van der Waals surface area contributed by atoms with E-state index in [4.69, 9.17) is 0 Å². The molecule has 0 atom stereocenters. The second kappa shape index (κ2) is 4.01. The van der Waals surface area contributed by atoms with Crippen molar-refractivity contribution in [2.24, 2.45) is 4.99 Å². The van der Waals surface area contributed by atoms with Gasteiger partial charge in [0.1, 0.15) is 0 Å². The number of benzene rings is 1. The van der Waals surface area contributed by atoms with Crippen LogP contribution in [0.4, 0.5) is 0 Å². The van der Waals surface area contributed by atoms with Crippen LogP contribution in [0.15, 0.2) is 44.8 Å². The zero-order chi connectivity index (χ0) is 11.5. The van der Waals surface area contributed by atoms with Crippen LogP contribution in [0.3, 0.4) is 0 Å². The molecule has 1 heterocycles. The van der Waals surface area contributed by atoms with E-state index in [1.807, 2.05) is 0 Å². The molecule has 82 valence electrons. The molecule has 0 radical (unpaired) electrons. The second-order valence-electron chi connectivity index (χ2n) is 3.06. The fraction of sp³-hybridized carbons (Fsp3) is 0.100. The van der Waals surface area contributed by atoms with Gasteiger partial charge in [-0.15, -0.1) is 0 Å². The van der Waals surface area contributed by atoms with Crippen molar-refractivity contribution >= 4 is 5.90 Å². The standard InChI is InChI=1S/C10H9N3O3/c1-11-10(15)7-4-2-3-5-8(7)13-6-9(14)16-12-13/h2-6H,1H3,(H-,11,12,14,15). The number of hydrogen-bond acceptors (Lipinski definition) is 4. The Kier molecular flexibility index (Phi) is 2.55. The lowest BCUT2D eigenvalue weighted by Crippen LogP contribution is -2.36. The number of rotatable bonds is 2. The van der Waals surface area contributed by atoms with Gasteiger partial charge < -0.3 is 10.1 Å². The van der Waals surface area contributed by atoms with Gasteiger partial charge in [-0.2, -0.15) is 0 Å². The highest BCUT2D eigenvalue weighted by Gasteiger charge is 2.15. The second-order valence-corrected chi connectivity index (χ2v) is 3.06. The Balaban J connectivity index is 2.61. The number of hydrogen-bond donors (Lipinski definition) is 1. The lowest BCUT2D eigenvalue weighted by molar-refractivity contribution is -0.670. The Hall–Kier alpha value is -2.37. The number of nitrogens with zero attached hydrogens (tertiary/aromatic N) is 2. The molecule has 0 bridgehead atoms. The van der Waals surface area contributed by atoms with Gasteiger partial charge in [0, 0.05) is 13.1 Å². The number of H-pyrrole nitrogens is 1. The summed E-state index contributed by atoms with van der Waals surface area (Å²) < 4.78 is 5.86. The first-order valence-electron chi connectivity index (χ1n) is 4.56. The van der Waals surface area contributed by atoms with Gasteiger partial charge in [0.05, 0.1) is 5.56 Å². The monoisotopic (exact) mass is 219 g/mol. The first-order chi connectivity index (χ1) is 7.72. The average Bonchev–Trinajstić information content (AvgIpc) is 2.75. The summed E-state index contributed by atoms with van der Waals surface area (Å²) in [5.41, 5.74) is 0.395. The van der Waals surface area contributed by atoms with Crippen LogP contribution in [-0.2, 0) is 0 Å². The summed E-state index contributed by atoms with van der Waals surface area (Å²) in [6.07, 6.45) is 1.21. The summed E-state index contributed by atoms with van der Waals surface area (Å²) in [5.74, 6) is -0.356. The van der Waals surface area contributed by atoms with Crippen LogP contribution in [-0.4, -0.2) is 18.2 Å². The average molecular weight is 219 g/mol. The molecule has 0 fully saturated rings. The molecule has 1 aromatic heterocycles. The van der Waals surface area contributed by atoms with Gasteiger partial charge in [-0.1, -0.05) is 12.1 Å². The molecule has 6 heteroatoms. The summed E-state index contributed by atoms with van der Waals surface area (Å²) in [7, 11) is 1.42. The summed E-state index contributed by atoms with van der Waals surface area (Å²) in [4.78, 5) is 14.5. The molecule has 0 aliphatic carbocycles. The molecular formula is C10H9N3O3. The van der Waals surface area contributed by atoms with Crippen LogP contribution in [0.25, 0.3) is 5.69 Å². The minimum Gasteiger partial charge on any atom is -0.858 e. The first-order valence-corrected chi connectivity index (χ1v) is 4.56. The van der Waals surface area contributed by atoms with Crippen molar-refractivity contribution in [1.82, 2.24) is 5.27 Å². The van der Waals surface area contributed by atoms with Crippen molar-refractivity contribution in [3.63, 3.8) is 0 Å². The highest BCUT2D eigenvalue weighted by molar-refractivity contribution is 5.93. The van der Waals surface area contributed by atoms with Gasteiger partial charge in [0.15, 0.2) is 0 Å². The molecule has 0 saturated carbocycles. The molecule has 6 nitrogen and oxygen atoms in total. The molecule has 16 heavy (non-hydrogen) atoms. The van der Waals surface area contributed by atoms with Crippen molar-refractivity contribution in [2.45, 2.75) is 0 Å².